The van der Waals surface area contributed by atoms with Gasteiger partial charge in [0.05, 0.1) is 5.69 Å². The van der Waals surface area contributed by atoms with Crippen molar-refractivity contribution in [2.45, 2.75) is 6.42 Å². The summed E-state index contributed by atoms with van der Waals surface area (Å²) in [5.41, 5.74) is 0.178. The summed E-state index contributed by atoms with van der Waals surface area (Å²) in [6, 6.07) is 3.75. The molecular weight excluding hydrogens is 307 g/mol. The van der Waals surface area contributed by atoms with Crippen LogP contribution in [0.1, 0.15) is 6.42 Å². The van der Waals surface area contributed by atoms with Crippen LogP contribution in [0.3, 0.4) is 0 Å². The number of hydrogen-bond donors (Lipinski definition) is 3. The van der Waals surface area contributed by atoms with E-state index in [4.69, 9.17) is 5.11 Å². The standard InChI is InChI=1S/C11H12BrFN2O3/c12-8-3-2-7(13)6-9(8)15-11(18)10(17)14-4-1-5-16/h2-3,6,16H,1,4-5H2,(H,14,17)(H,15,18). The maximum absolute atomic E-state index is 12.9. The number of nitrogens with one attached hydrogen (secondary N) is 2. The lowest BCUT2D eigenvalue weighted by Gasteiger charge is -2.07. The third kappa shape index (κ3) is 4.42. The molecule has 1 aromatic rings. The molecule has 0 saturated carbocycles. The molecule has 98 valence electrons. The zero-order valence-corrected chi connectivity index (χ0v) is 11.0. The fourth-order valence-electron chi connectivity index (χ4n) is 1.13. The fraction of sp³-hybridized carbons (Fsp3) is 0.273. The highest BCUT2D eigenvalue weighted by molar-refractivity contribution is 9.10. The van der Waals surface area contributed by atoms with Gasteiger partial charge in [-0.15, -0.1) is 0 Å². The Bertz CT molecular complexity index is 454. The molecule has 0 atom stereocenters. The third-order valence-corrected chi connectivity index (χ3v) is 2.69. The molecule has 0 unspecified atom stereocenters. The van der Waals surface area contributed by atoms with Gasteiger partial charge >= 0.3 is 11.8 Å². The molecule has 2 amide bonds. The smallest absolute Gasteiger partial charge is 0.313 e. The molecule has 0 radical (unpaired) electrons. The van der Waals surface area contributed by atoms with Gasteiger partial charge in [-0.3, -0.25) is 9.59 Å². The quantitative estimate of drug-likeness (QED) is 0.573. The van der Waals surface area contributed by atoms with Gasteiger partial charge in [0.15, 0.2) is 0 Å². The summed E-state index contributed by atoms with van der Waals surface area (Å²) in [5.74, 6) is -2.24. The Morgan fingerprint density at radius 2 is 2.06 bits per heavy atom. The molecule has 7 heteroatoms. The van der Waals surface area contributed by atoms with E-state index in [1.165, 1.54) is 12.1 Å². The highest BCUT2D eigenvalue weighted by atomic mass is 79.9. The number of rotatable bonds is 4. The molecule has 0 spiro atoms. The summed E-state index contributed by atoms with van der Waals surface area (Å²) < 4.78 is 13.4. The molecule has 5 nitrogen and oxygen atoms in total. The zero-order valence-electron chi connectivity index (χ0n) is 9.37. The van der Waals surface area contributed by atoms with E-state index in [0.717, 1.165) is 6.07 Å². The Kier molecular flexibility index (Phi) is 5.73. The molecule has 3 N–H and O–H groups in total. The highest BCUT2D eigenvalue weighted by Crippen LogP contribution is 2.22. The van der Waals surface area contributed by atoms with Crippen molar-refractivity contribution in [2.75, 3.05) is 18.5 Å². The summed E-state index contributed by atoms with van der Waals surface area (Å²) in [7, 11) is 0. The molecule has 0 aliphatic rings. The monoisotopic (exact) mass is 318 g/mol. The Labute approximate surface area is 112 Å². The number of aliphatic hydroxyl groups is 1. The first-order valence-electron chi connectivity index (χ1n) is 5.19. The van der Waals surface area contributed by atoms with Crippen LogP contribution >= 0.6 is 15.9 Å². The molecule has 0 aliphatic heterocycles. The van der Waals surface area contributed by atoms with Crippen LogP contribution in [0.15, 0.2) is 22.7 Å². The maximum Gasteiger partial charge on any atom is 0.313 e. The van der Waals surface area contributed by atoms with Gasteiger partial charge in [0.2, 0.25) is 0 Å². The van der Waals surface area contributed by atoms with E-state index >= 15 is 0 Å². The normalized spacial score (nSPS) is 9.94. The number of amides is 2. The van der Waals surface area contributed by atoms with Crippen LogP contribution in [0.4, 0.5) is 10.1 Å². The number of carbonyl (C=O) groups excluding carboxylic acids is 2. The molecular formula is C11H12BrFN2O3. The minimum atomic E-state index is -0.890. The largest absolute Gasteiger partial charge is 0.396 e. The van der Waals surface area contributed by atoms with Crippen molar-refractivity contribution in [3.8, 4) is 0 Å². The van der Waals surface area contributed by atoms with Gasteiger partial charge in [0.25, 0.3) is 0 Å². The SMILES string of the molecule is O=C(NCCCO)C(=O)Nc1cc(F)ccc1Br. The van der Waals surface area contributed by atoms with Gasteiger partial charge < -0.3 is 15.7 Å². The van der Waals surface area contributed by atoms with Crippen molar-refractivity contribution >= 4 is 33.4 Å². The van der Waals surface area contributed by atoms with E-state index in [9.17, 15) is 14.0 Å². The van der Waals surface area contributed by atoms with Crippen molar-refractivity contribution in [2.24, 2.45) is 0 Å². The molecule has 0 bridgehead atoms. The van der Waals surface area contributed by atoms with Crippen molar-refractivity contribution in [3.63, 3.8) is 0 Å². The van der Waals surface area contributed by atoms with E-state index in [2.05, 4.69) is 26.6 Å². The summed E-state index contributed by atoms with van der Waals surface area (Å²) in [5, 5.41) is 13.1. The average Bonchev–Trinajstić information content (AvgIpc) is 2.34. The average molecular weight is 319 g/mol. The van der Waals surface area contributed by atoms with Crippen LogP contribution in [-0.2, 0) is 9.59 Å². The predicted molar refractivity (Wildman–Crippen MR) is 67.4 cm³/mol. The molecule has 1 rings (SSSR count). The first kappa shape index (κ1) is 14.6. The number of halogens is 2. The number of hydrogen-bond acceptors (Lipinski definition) is 3. The van der Waals surface area contributed by atoms with Crippen LogP contribution in [0.2, 0.25) is 0 Å². The molecule has 0 fully saturated rings. The van der Waals surface area contributed by atoms with Crippen LogP contribution in [0.25, 0.3) is 0 Å². The van der Waals surface area contributed by atoms with Crippen LogP contribution in [-0.4, -0.2) is 30.1 Å². The Morgan fingerprint density at radius 3 is 2.72 bits per heavy atom. The fourth-order valence-corrected chi connectivity index (χ4v) is 1.48. The summed E-state index contributed by atoms with van der Waals surface area (Å²) in [4.78, 5) is 22.7. The Hall–Kier alpha value is -1.47. The van der Waals surface area contributed by atoms with Crippen molar-refractivity contribution in [3.05, 3.63) is 28.5 Å². The van der Waals surface area contributed by atoms with E-state index in [0.29, 0.717) is 10.9 Å². The minimum absolute atomic E-state index is 0.0721. The number of aliphatic hydroxyl groups excluding tert-OH is 1. The first-order valence-corrected chi connectivity index (χ1v) is 5.99. The number of benzene rings is 1. The van der Waals surface area contributed by atoms with Gasteiger partial charge in [-0.1, -0.05) is 0 Å². The molecule has 1 aromatic carbocycles. The minimum Gasteiger partial charge on any atom is -0.396 e. The van der Waals surface area contributed by atoms with E-state index in [1.54, 1.807) is 0 Å². The van der Waals surface area contributed by atoms with Gasteiger partial charge in [-0.25, -0.2) is 4.39 Å². The third-order valence-electron chi connectivity index (χ3n) is 2.00. The summed E-state index contributed by atoms with van der Waals surface area (Å²) >= 11 is 3.13. The lowest BCUT2D eigenvalue weighted by molar-refractivity contribution is -0.136. The van der Waals surface area contributed by atoms with Gasteiger partial charge in [0, 0.05) is 17.6 Å². The second-order valence-electron chi connectivity index (χ2n) is 3.41. The topological polar surface area (TPSA) is 78.4 Å². The van der Waals surface area contributed by atoms with Gasteiger partial charge in [0.1, 0.15) is 5.82 Å². The maximum atomic E-state index is 12.9. The lowest BCUT2D eigenvalue weighted by atomic mass is 10.3. The second kappa shape index (κ2) is 7.07. The van der Waals surface area contributed by atoms with Crippen LogP contribution in [0, 0.1) is 5.82 Å². The van der Waals surface area contributed by atoms with Gasteiger partial charge in [-0.05, 0) is 40.5 Å². The van der Waals surface area contributed by atoms with Gasteiger partial charge in [-0.2, -0.15) is 0 Å². The molecule has 0 aromatic heterocycles. The zero-order chi connectivity index (χ0) is 13.5. The van der Waals surface area contributed by atoms with E-state index < -0.39 is 17.6 Å². The predicted octanol–water partition coefficient (Wildman–Crippen LogP) is 1.03. The van der Waals surface area contributed by atoms with Crippen molar-refractivity contribution in [1.29, 1.82) is 0 Å². The lowest BCUT2D eigenvalue weighted by Crippen LogP contribution is -2.36. The summed E-state index contributed by atoms with van der Waals surface area (Å²) in [6.07, 6.45) is 0.364. The summed E-state index contributed by atoms with van der Waals surface area (Å²) in [6.45, 7) is 0.129. The van der Waals surface area contributed by atoms with Crippen molar-refractivity contribution in [1.82, 2.24) is 5.32 Å². The molecule has 0 heterocycles. The number of carbonyl (C=O) groups is 2. The molecule has 18 heavy (non-hydrogen) atoms. The van der Waals surface area contributed by atoms with E-state index in [1.807, 2.05) is 0 Å². The Morgan fingerprint density at radius 1 is 1.33 bits per heavy atom. The number of anilines is 1. The van der Waals surface area contributed by atoms with Crippen LogP contribution in [0.5, 0.6) is 0 Å². The molecule has 0 aliphatic carbocycles. The molecule has 0 saturated heterocycles. The Balaban J connectivity index is 2.58. The first-order chi connectivity index (χ1) is 8.54. The van der Waals surface area contributed by atoms with Crippen LogP contribution < -0.4 is 10.6 Å². The second-order valence-corrected chi connectivity index (χ2v) is 4.27. The highest BCUT2D eigenvalue weighted by Gasteiger charge is 2.14. The van der Waals surface area contributed by atoms with Crippen molar-refractivity contribution < 1.29 is 19.1 Å². The van der Waals surface area contributed by atoms with E-state index in [-0.39, 0.29) is 18.8 Å².